The lowest BCUT2D eigenvalue weighted by Gasteiger charge is -2.36. The van der Waals surface area contributed by atoms with E-state index in [1.54, 1.807) is 14.2 Å². The topological polar surface area (TPSA) is 56.8 Å². The number of ether oxygens (including phenoxy) is 3. The fourth-order valence-corrected chi connectivity index (χ4v) is 3.82. The van der Waals surface area contributed by atoms with Gasteiger partial charge in [0.25, 0.3) is 0 Å². The van der Waals surface area contributed by atoms with Crippen LogP contribution in [-0.4, -0.2) is 39.9 Å². The molecule has 0 radical (unpaired) electrons. The molecule has 1 aliphatic heterocycles. The fourth-order valence-electron chi connectivity index (χ4n) is 3.82. The highest BCUT2D eigenvalue weighted by atomic mass is 16.5. The molecule has 1 saturated heterocycles. The van der Waals surface area contributed by atoms with Gasteiger partial charge in [0.1, 0.15) is 0 Å². The van der Waals surface area contributed by atoms with Crippen molar-refractivity contribution in [2.75, 3.05) is 34.0 Å². The van der Waals surface area contributed by atoms with Gasteiger partial charge >= 0.3 is 0 Å². The predicted octanol–water partition coefficient (Wildman–Crippen LogP) is 3.50. The molecule has 0 aliphatic carbocycles. The highest BCUT2D eigenvalue weighted by Gasteiger charge is 2.41. The molecular formula is C23H29NO4. The summed E-state index contributed by atoms with van der Waals surface area (Å²) in [6.45, 7) is 1.88. The lowest BCUT2D eigenvalue weighted by molar-refractivity contribution is -0.130. The van der Waals surface area contributed by atoms with E-state index < -0.39 is 5.41 Å². The Hall–Kier alpha value is -2.53. The minimum atomic E-state index is -0.483. The quantitative estimate of drug-likeness (QED) is 0.709. The highest BCUT2D eigenvalue weighted by molar-refractivity contribution is 5.88. The van der Waals surface area contributed by atoms with Gasteiger partial charge in [-0.25, -0.2) is 0 Å². The molecule has 0 unspecified atom stereocenters. The van der Waals surface area contributed by atoms with E-state index in [0.717, 1.165) is 48.3 Å². The van der Waals surface area contributed by atoms with Gasteiger partial charge in [0.2, 0.25) is 5.91 Å². The average Bonchev–Trinajstić information content (AvgIpc) is 2.77. The molecule has 1 aliphatic rings. The van der Waals surface area contributed by atoms with Crippen LogP contribution in [0.25, 0.3) is 0 Å². The van der Waals surface area contributed by atoms with Crippen LogP contribution < -0.4 is 14.8 Å². The Morgan fingerprint density at radius 1 is 1.04 bits per heavy atom. The molecule has 2 aromatic rings. The van der Waals surface area contributed by atoms with Crippen molar-refractivity contribution in [2.24, 2.45) is 0 Å². The zero-order chi connectivity index (χ0) is 19.8. The maximum absolute atomic E-state index is 13.1. The lowest BCUT2D eigenvalue weighted by Crippen LogP contribution is -2.48. The standard InChI is InChI=1S/C23H29NO4/c1-26-20-11-10-18(17-21(20)27-2)7-6-14-24-22(25)23(12-15-28-16-13-23)19-8-4-3-5-9-19/h3-5,8-11,17H,6-7,12-16H2,1-2H3,(H,24,25). The molecule has 28 heavy (non-hydrogen) atoms. The largest absolute Gasteiger partial charge is 0.493 e. The third kappa shape index (κ3) is 4.47. The SMILES string of the molecule is COc1ccc(CCCNC(=O)C2(c3ccccc3)CCOCC2)cc1OC. The van der Waals surface area contributed by atoms with Crippen LogP contribution >= 0.6 is 0 Å². The first kappa shape index (κ1) is 20.2. The van der Waals surface area contributed by atoms with Crippen LogP contribution in [0.1, 0.15) is 30.4 Å². The molecule has 2 aromatic carbocycles. The summed E-state index contributed by atoms with van der Waals surface area (Å²) in [4.78, 5) is 13.1. The number of amides is 1. The molecule has 1 heterocycles. The monoisotopic (exact) mass is 383 g/mol. The van der Waals surface area contributed by atoms with Gasteiger partial charge in [0.05, 0.1) is 19.6 Å². The maximum Gasteiger partial charge on any atom is 0.230 e. The first-order valence-corrected chi connectivity index (χ1v) is 9.82. The zero-order valence-corrected chi connectivity index (χ0v) is 16.7. The Kier molecular flexibility index (Phi) is 6.93. The van der Waals surface area contributed by atoms with E-state index in [2.05, 4.69) is 17.4 Å². The van der Waals surface area contributed by atoms with E-state index in [9.17, 15) is 4.79 Å². The summed E-state index contributed by atoms with van der Waals surface area (Å²) >= 11 is 0. The van der Waals surface area contributed by atoms with Gasteiger partial charge in [-0.05, 0) is 48.9 Å². The Balaban J connectivity index is 1.58. The van der Waals surface area contributed by atoms with Gasteiger partial charge in [-0.3, -0.25) is 4.79 Å². The van der Waals surface area contributed by atoms with Crippen molar-refractivity contribution < 1.29 is 19.0 Å². The van der Waals surface area contributed by atoms with Crippen molar-refractivity contribution in [3.63, 3.8) is 0 Å². The number of carbonyl (C=O) groups excluding carboxylic acids is 1. The number of nitrogens with one attached hydrogen (secondary N) is 1. The van der Waals surface area contributed by atoms with E-state index in [1.807, 2.05) is 36.4 Å². The smallest absolute Gasteiger partial charge is 0.230 e. The Labute approximate surface area is 167 Å². The molecule has 1 fully saturated rings. The lowest BCUT2D eigenvalue weighted by atomic mass is 9.73. The normalized spacial score (nSPS) is 15.6. The van der Waals surface area contributed by atoms with Crippen molar-refractivity contribution in [2.45, 2.75) is 31.1 Å². The van der Waals surface area contributed by atoms with E-state index >= 15 is 0 Å². The summed E-state index contributed by atoms with van der Waals surface area (Å²) in [6.07, 6.45) is 3.17. The van der Waals surface area contributed by atoms with Crippen molar-refractivity contribution in [1.29, 1.82) is 0 Å². The Morgan fingerprint density at radius 3 is 2.43 bits per heavy atom. The van der Waals surface area contributed by atoms with Gasteiger partial charge in [-0.2, -0.15) is 0 Å². The molecule has 0 saturated carbocycles. The number of aryl methyl sites for hydroxylation is 1. The molecule has 1 amide bonds. The minimum absolute atomic E-state index is 0.106. The van der Waals surface area contributed by atoms with Crippen LogP contribution in [0, 0.1) is 0 Å². The molecular weight excluding hydrogens is 354 g/mol. The summed E-state index contributed by atoms with van der Waals surface area (Å²) in [5, 5.41) is 3.16. The van der Waals surface area contributed by atoms with E-state index in [4.69, 9.17) is 14.2 Å². The maximum atomic E-state index is 13.1. The van der Waals surface area contributed by atoms with Gasteiger partial charge in [0.15, 0.2) is 11.5 Å². The van der Waals surface area contributed by atoms with Crippen LogP contribution in [0.3, 0.4) is 0 Å². The van der Waals surface area contributed by atoms with Gasteiger partial charge in [-0.1, -0.05) is 36.4 Å². The van der Waals surface area contributed by atoms with Crippen molar-refractivity contribution in [3.8, 4) is 11.5 Å². The number of rotatable bonds is 8. The average molecular weight is 383 g/mol. The van der Waals surface area contributed by atoms with E-state index in [-0.39, 0.29) is 5.91 Å². The zero-order valence-electron chi connectivity index (χ0n) is 16.7. The van der Waals surface area contributed by atoms with Crippen molar-refractivity contribution >= 4 is 5.91 Å². The van der Waals surface area contributed by atoms with Gasteiger partial charge in [-0.15, -0.1) is 0 Å². The first-order chi connectivity index (χ1) is 13.7. The first-order valence-electron chi connectivity index (χ1n) is 9.82. The number of benzene rings is 2. The summed E-state index contributed by atoms with van der Waals surface area (Å²) in [6, 6.07) is 16.0. The van der Waals surface area contributed by atoms with Crippen molar-refractivity contribution in [3.05, 3.63) is 59.7 Å². The van der Waals surface area contributed by atoms with E-state index in [1.165, 1.54) is 0 Å². The number of hydrogen-bond donors (Lipinski definition) is 1. The van der Waals surface area contributed by atoms with Crippen LogP contribution in [0.2, 0.25) is 0 Å². The van der Waals surface area contributed by atoms with Gasteiger partial charge < -0.3 is 19.5 Å². The number of methoxy groups -OCH3 is 2. The molecule has 0 bridgehead atoms. The fraction of sp³-hybridized carbons (Fsp3) is 0.435. The Morgan fingerprint density at radius 2 is 1.75 bits per heavy atom. The Bertz CT molecular complexity index is 769. The van der Waals surface area contributed by atoms with E-state index in [0.29, 0.717) is 19.8 Å². The number of hydrogen-bond acceptors (Lipinski definition) is 4. The van der Waals surface area contributed by atoms with Crippen LogP contribution in [0.4, 0.5) is 0 Å². The molecule has 0 aromatic heterocycles. The molecule has 5 heteroatoms. The molecule has 5 nitrogen and oxygen atoms in total. The van der Waals surface area contributed by atoms with Crippen LogP contribution in [0.5, 0.6) is 11.5 Å². The molecule has 3 rings (SSSR count). The molecule has 150 valence electrons. The summed E-state index contributed by atoms with van der Waals surface area (Å²) in [7, 11) is 3.27. The molecule has 1 N–H and O–H groups in total. The molecule has 0 atom stereocenters. The second kappa shape index (κ2) is 9.60. The van der Waals surface area contributed by atoms with Crippen molar-refractivity contribution in [1.82, 2.24) is 5.32 Å². The summed E-state index contributed by atoms with van der Waals surface area (Å²) in [5.74, 6) is 1.56. The third-order valence-electron chi connectivity index (χ3n) is 5.48. The van der Waals surface area contributed by atoms with Crippen LogP contribution in [0.15, 0.2) is 48.5 Å². The summed E-state index contributed by atoms with van der Waals surface area (Å²) in [5.41, 5.74) is 1.76. The molecule has 0 spiro atoms. The second-order valence-corrected chi connectivity index (χ2v) is 7.11. The third-order valence-corrected chi connectivity index (χ3v) is 5.48. The highest BCUT2D eigenvalue weighted by Crippen LogP contribution is 2.35. The predicted molar refractivity (Wildman–Crippen MR) is 109 cm³/mol. The van der Waals surface area contributed by atoms with Gasteiger partial charge in [0, 0.05) is 19.8 Å². The minimum Gasteiger partial charge on any atom is -0.493 e. The summed E-state index contributed by atoms with van der Waals surface area (Å²) < 4.78 is 16.2. The number of carbonyl (C=O) groups is 1. The second-order valence-electron chi connectivity index (χ2n) is 7.11. The van der Waals surface area contributed by atoms with Crippen LogP contribution in [-0.2, 0) is 21.4 Å².